The van der Waals surface area contributed by atoms with Crippen molar-refractivity contribution in [3.8, 4) is 0 Å². The maximum Gasteiger partial charge on any atom is 0.271 e. The molecule has 2 amide bonds. The summed E-state index contributed by atoms with van der Waals surface area (Å²) in [5.74, 6) is -3.63. The molecular weight excluding hydrogens is 432 g/mol. The van der Waals surface area contributed by atoms with Crippen LogP contribution >= 0.6 is 0 Å². The molecule has 2 aromatic rings. The third-order valence-electron chi connectivity index (χ3n) is 4.48. The van der Waals surface area contributed by atoms with Gasteiger partial charge in [-0.3, -0.25) is 14.7 Å². The number of halogens is 2. The number of carbonyl (C=O) groups excluding carboxylic acids is 2. The minimum atomic E-state index is -3.23. The van der Waals surface area contributed by atoms with E-state index in [1.165, 1.54) is 6.20 Å². The van der Waals surface area contributed by atoms with Crippen LogP contribution in [0.25, 0.3) is 0 Å². The van der Waals surface area contributed by atoms with Crippen molar-refractivity contribution in [3.63, 3.8) is 0 Å². The monoisotopic (exact) mass is 457 g/mol. The average molecular weight is 458 g/mol. The van der Waals surface area contributed by atoms with E-state index in [-0.39, 0.29) is 17.4 Å². The minimum Gasteiger partial charge on any atom is -0.348 e. The molecule has 0 aliphatic carbocycles. The van der Waals surface area contributed by atoms with E-state index in [1.54, 1.807) is 0 Å². The van der Waals surface area contributed by atoms with Crippen LogP contribution in [-0.2, 0) is 10.0 Å². The Bertz CT molecular complexity index is 1010. The molecule has 0 spiro atoms. The first-order valence-electron chi connectivity index (χ1n) is 9.66. The lowest BCUT2D eigenvalue weighted by molar-refractivity contribution is 0.0929. The fraction of sp³-hybridized carbons (Fsp3) is 0.421. The lowest BCUT2D eigenvalue weighted by atomic mass is 10.1. The van der Waals surface area contributed by atoms with Gasteiger partial charge in [0, 0.05) is 12.6 Å². The number of unbranched alkanes of at least 4 members (excludes halogenated alkanes) is 1. The molecule has 1 atom stereocenters. The fourth-order valence-corrected chi connectivity index (χ4v) is 3.38. The van der Waals surface area contributed by atoms with Crippen LogP contribution in [0.2, 0.25) is 0 Å². The zero-order valence-electron chi connectivity index (χ0n) is 17.2. The minimum absolute atomic E-state index is 0.0163. The van der Waals surface area contributed by atoms with Crippen molar-refractivity contribution >= 4 is 27.5 Å². The lowest BCUT2D eigenvalue weighted by Gasteiger charge is -2.17. The third-order valence-corrected chi connectivity index (χ3v) is 5.20. The highest BCUT2D eigenvalue weighted by Gasteiger charge is 2.22. The lowest BCUT2D eigenvalue weighted by Crippen LogP contribution is -2.35. The van der Waals surface area contributed by atoms with Crippen molar-refractivity contribution in [2.24, 2.45) is 0 Å². The van der Waals surface area contributed by atoms with Gasteiger partial charge in [0.15, 0.2) is 0 Å². The Morgan fingerprint density at radius 2 is 1.84 bits per heavy atom. The molecule has 4 N–H and O–H groups in total. The van der Waals surface area contributed by atoms with Crippen LogP contribution in [0.1, 0.15) is 53.5 Å². The summed E-state index contributed by atoms with van der Waals surface area (Å²) in [4.78, 5) is 24.9. The Balaban J connectivity index is 1.95. The number of aromatic amines is 1. The summed E-state index contributed by atoms with van der Waals surface area (Å²) in [7, 11) is -3.23. The number of sulfonamides is 1. The van der Waals surface area contributed by atoms with E-state index < -0.39 is 39.0 Å². The maximum atomic E-state index is 13.8. The number of amides is 2. The summed E-state index contributed by atoms with van der Waals surface area (Å²) in [6.07, 6.45) is 4.79. The molecule has 0 aliphatic heterocycles. The summed E-state index contributed by atoms with van der Waals surface area (Å²) < 4.78 is 52.1. The second-order valence-corrected chi connectivity index (χ2v) is 8.78. The number of benzene rings is 1. The number of hydrogen-bond acceptors (Lipinski definition) is 5. The molecule has 12 heteroatoms. The molecule has 31 heavy (non-hydrogen) atoms. The Morgan fingerprint density at radius 1 is 1.16 bits per heavy atom. The molecule has 1 aromatic heterocycles. The van der Waals surface area contributed by atoms with Gasteiger partial charge in [0.1, 0.15) is 22.9 Å². The third kappa shape index (κ3) is 7.40. The molecule has 0 radical (unpaired) electrons. The fourth-order valence-electron chi connectivity index (χ4n) is 2.86. The van der Waals surface area contributed by atoms with E-state index in [0.29, 0.717) is 32.2 Å². The van der Waals surface area contributed by atoms with Gasteiger partial charge in [0.2, 0.25) is 10.0 Å². The van der Waals surface area contributed by atoms with Crippen LogP contribution in [0.15, 0.2) is 24.4 Å². The van der Waals surface area contributed by atoms with Gasteiger partial charge in [0.05, 0.1) is 18.1 Å². The van der Waals surface area contributed by atoms with Crippen molar-refractivity contribution in [3.05, 3.63) is 47.3 Å². The molecule has 2 rings (SSSR count). The number of hydrogen-bond donors (Lipinski definition) is 4. The van der Waals surface area contributed by atoms with Gasteiger partial charge in [-0.1, -0.05) is 19.4 Å². The van der Waals surface area contributed by atoms with Crippen molar-refractivity contribution in [1.29, 1.82) is 0 Å². The topological polar surface area (TPSA) is 133 Å². The van der Waals surface area contributed by atoms with Crippen molar-refractivity contribution in [1.82, 2.24) is 20.2 Å². The van der Waals surface area contributed by atoms with E-state index in [2.05, 4.69) is 25.6 Å². The molecule has 0 fully saturated rings. The van der Waals surface area contributed by atoms with E-state index in [0.717, 1.165) is 24.5 Å². The predicted molar refractivity (Wildman–Crippen MR) is 111 cm³/mol. The number of nitrogens with zero attached hydrogens (tertiary/aromatic N) is 1. The van der Waals surface area contributed by atoms with Gasteiger partial charge >= 0.3 is 0 Å². The van der Waals surface area contributed by atoms with Crippen LogP contribution in [0.4, 0.5) is 14.5 Å². The Labute approximate surface area is 179 Å². The van der Waals surface area contributed by atoms with Gasteiger partial charge in [-0.2, -0.15) is 5.10 Å². The van der Waals surface area contributed by atoms with E-state index in [1.807, 2.05) is 6.92 Å². The molecule has 0 bridgehead atoms. The highest BCUT2D eigenvalue weighted by molar-refractivity contribution is 7.88. The van der Waals surface area contributed by atoms with Gasteiger partial charge in [-0.25, -0.2) is 21.9 Å². The Morgan fingerprint density at radius 3 is 2.45 bits per heavy atom. The molecule has 9 nitrogen and oxygen atoms in total. The summed E-state index contributed by atoms with van der Waals surface area (Å²) >= 11 is 0. The Kier molecular flexibility index (Phi) is 8.63. The van der Waals surface area contributed by atoms with Crippen LogP contribution < -0.4 is 15.4 Å². The number of carbonyl (C=O) groups is 2. The van der Waals surface area contributed by atoms with Gasteiger partial charge < -0.3 is 10.6 Å². The first-order valence-corrected chi connectivity index (χ1v) is 11.6. The standard InChI is InChI=1S/C19H25F2N5O4S/c1-3-12(7-4-5-10-23-31(2,29)30)24-19(28)17-15(11-22-26-17)25-18(27)16-13(20)8-6-9-14(16)21/h6,8-9,11-12,23H,3-5,7,10H2,1-2H3,(H,22,26)(H,24,28)(H,25,27). The predicted octanol–water partition coefficient (Wildman–Crippen LogP) is 2.17. The largest absolute Gasteiger partial charge is 0.348 e. The second-order valence-electron chi connectivity index (χ2n) is 6.95. The molecule has 1 heterocycles. The molecule has 0 aliphatic rings. The number of H-pyrrole nitrogens is 1. The summed E-state index contributed by atoms with van der Waals surface area (Å²) in [5.41, 5.74) is -0.830. The number of nitrogens with one attached hydrogen (secondary N) is 4. The molecule has 0 saturated carbocycles. The highest BCUT2D eigenvalue weighted by atomic mass is 32.2. The number of rotatable bonds is 11. The van der Waals surface area contributed by atoms with Gasteiger partial charge in [-0.15, -0.1) is 0 Å². The van der Waals surface area contributed by atoms with E-state index in [9.17, 15) is 26.8 Å². The van der Waals surface area contributed by atoms with Crippen LogP contribution in [-0.4, -0.2) is 49.3 Å². The molecule has 170 valence electrons. The van der Waals surface area contributed by atoms with Crippen LogP contribution in [0.5, 0.6) is 0 Å². The van der Waals surface area contributed by atoms with E-state index in [4.69, 9.17) is 0 Å². The van der Waals surface area contributed by atoms with E-state index >= 15 is 0 Å². The van der Waals surface area contributed by atoms with Gasteiger partial charge in [0.25, 0.3) is 11.8 Å². The second kappa shape index (κ2) is 11.0. The number of anilines is 1. The summed E-state index contributed by atoms with van der Waals surface area (Å²) in [5, 5.41) is 11.3. The quantitative estimate of drug-likeness (QED) is 0.384. The number of aromatic nitrogens is 2. The first kappa shape index (κ1) is 24.4. The van der Waals surface area contributed by atoms with Crippen LogP contribution in [0, 0.1) is 11.6 Å². The summed E-state index contributed by atoms with van der Waals surface area (Å²) in [6, 6.07) is 2.86. The molecule has 1 unspecified atom stereocenters. The zero-order valence-corrected chi connectivity index (χ0v) is 18.0. The first-order chi connectivity index (χ1) is 14.6. The Hall–Kier alpha value is -2.86. The van der Waals surface area contributed by atoms with Crippen molar-refractivity contribution in [2.75, 3.05) is 18.1 Å². The molecular formula is C19H25F2N5O4S. The van der Waals surface area contributed by atoms with Gasteiger partial charge in [-0.05, 0) is 31.4 Å². The zero-order chi connectivity index (χ0) is 23.0. The normalized spacial score (nSPS) is 12.4. The van der Waals surface area contributed by atoms with Crippen molar-refractivity contribution in [2.45, 2.75) is 38.6 Å². The van der Waals surface area contributed by atoms with Crippen molar-refractivity contribution < 1.29 is 26.8 Å². The molecule has 0 saturated heterocycles. The SMILES string of the molecule is CCC(CCCCNS(C)(=O)=O)NC(=O)c1[nH]ncc1NC(=O)c1c(F)cccc1F. The summed E-state index contributed by atoms with van der Waals surface area (Å²) in [6.45, 7) is 2.20. The molecule has 1 aromatic carbocycles. The highest BCUT2D eigenvalue weighted by Crippen LogP contribution is 2.17. The van der Waals surface area contributed by atoms with Crippen LogP contribution in [0.3, 0.4) is 0 Å². The average Bonchev–Trinajstić information content (AvgIpc) is 3.13. The smallest absolute Gasteiger partial charge is 0.271 e. The maximum absolute atomic E-state index is 13.8.